The van der Waals surface area contributed by atoms with Crippen LogP contribution in [0.5, 0.6) is 0 Å². The predicted molar refractivity (Wildman–Crippen MR) is 73.3 cm³/mol. The molecule has 0 unspecified atom stereocenters. The molecule has 1 aliphatic rings. The molecular formula is C14H13ClN2O2. The van der Waals surface area contributed by atoms with Gasteiger partial charge >= 0.3 is 0 Å². The molecule has 1 saturated heterocycles. The number of rotatable bonds is 1. The van der Waals surface area contributed by atoms with Crippen molar-refractivity contribution in [3.63, 3.8) is 0 Å². The minimum absolute atomic E-state index is 0.118. The molecule has 2 heterocycles. The molecule has 98 valence electrons. The average molecular weight is 277 g/mol. The first-order chi connectivity index (χ1) is 8.96. The zero-order valence-electron chi connectivity index (χ0n) is 10.4. The monoisotopic (exact) mass is 276 g/mol. The minimum Gasteiger partial charge on any atom is -0.386 e. The molecule has 4 nitrogen and oxygen atoms in total. The van der Waals surface area contributed by atoms with E-state index in [0.29, 0.717) is 29.3 Å². The second-order valence-electron chi connectivity index (χ2n) is 5.17. The normalized spacial score (nSPS) is 17.3. The van der Waals surface area contributed by atoms with Gasteiger partial charge in [0.1, 0.15) is 5.15 Å². The number of amides is 1. The fraction of sp³-hybridized carbons (Fsp3) is 0.286. The van der Waals surface area contributed by atoms with Gasteiger partial charge in [0.15, 0.2) is 0 Å². The second kappa shape index (κ2) is 4.18. The van der Waals surface area contributed by atoms with Gasteiger partial charge in [-0.25, -0.2) is 4.98 Å². The summed E-state index contributed by atoms with van der Waals surface area (Å²) in [6.45, 7) is 2.41. The Morgan fingerprint density at radius 3 is 2.79 bits per heavy atom. The summed E-state index contributed by atoms with van der Waals surface area (Å²) >= 11 is 5.96. The molecule has 5 heteroatoms. The first-order valence-corrected chi connectivity index (χ1v) is 6.41. The van der Waals surface area contributed by atoms with E-state index in [9.17, 15) is 9.90 Å². The van der Waals surface area contributed by atoms with E-state index in [4.69, 9.17) is 11.6 Å². The lowest BCUT2D eigenvalue weighted by Gasteiger charge is -2.44. The molecule has 1 fully saturated rings. The third-order valence-corrected chi connectivity index (χ3v) is 3.46. The summed E-state index contributed by atoms with van der Waals surface area (Å²) in [5.41, 5.74) is 0.458. The summed E-state index contributed by atoms with van der Waals surface area (Å²) in [5, 5.41) is 10.8. The maximum absolute atomic E-state index is 12.4. The Balaban J connectivity index is 2.03. The summed E-state index contributed by atoms with van der Waals surface area (Å²) in [7, 11) is 0. The molecule has 1 aromatic heterocycles. The number of likely N-dealkylation sites (tertiary alicyclic amines) is 1. The van der Waals surface area contributed by atoms with Crippen LogP contribution in [0.25, 0.3) is 10.9 Å². The van der Waals surface area contributed by atoms with Gasteiger partial charge in [0.25, 0.3) is 5.91 Å². The standard InChI is InChI=1S/C14H13ClN2O2/c1-14(19)7-17(8-14)13(18)10-6-12(15)16-11-5-3-2-4-9(10)11/h2-6,19H,7-8H2,1H3. The van der Waals surface area contributed by atoms with Crippen molar-refractivity contribution in [2.75, 3.05) is 13.1 Å². The van der Waals surface area contributed by atoms with Crippen LogP contribution in [-0.2, 0) is 0 Å². The lowest BCUT2D eigenvalue weighted by Crippen LogP contribution is -2.61. The van der Waals surface area contributed by atoms with Gasteiger partial charge in [0, 0.05) is 5.39 Å². The lowest BCUT2D eigenvalue weighted by molar-refractivity contribution is -0.0668. The van der Waals surface area contributed by atoms with Crippen LogP contribution >= 0.6 is 11.6 Å². The number of β-amino-alcohol motifs (C(OH)–C–C–N with tert-alkyl or cyclic N) is 1. The van der Waals surface area contributed by atoms with E-state index in [1.165, 1.54) is 0 Å². The molecule has 0 saturated carbocycles. The lowest BCUT2D eigenvalue weighted by atomic mass is 9.95. The van der Waals surface area contributed by atoms with Gasteiger partial charge in [-0.1, -0.05) is 29.8 Å². The van der Waals surface area contributed by atoms with Crippen molar-refractivity contribution < 1.29 is 9.90 Å². The Labute approximate surface area is 115 Å². The second-order valence-corrected chi connectivity index (χ2v) is 5.56. The zero-order valence-corrected chi connectivity index (χ0v) is 11.2. The Morgan fingerprint density at radius 2 is 2.11 bits per heavy atom. The van der Waals surface area contributed by atoms with Gasteiger partial charge in [0.2, 0.25) is 0 Å². The Morgan fingerprint density at radius 1 is 1.42 bits per heavy atom. The molecule has 0 radical (unpaired) electrons. The Hall–Kier alpha value is -1.65. The summed E-state index contributed by atoms with van der Waals surface area (Å²) < 4.78 is 0. The van der Waals surface area contributed by atoms with E-state index in [1.54, 1.807) is 17.9 Å². The minimum atomic E-state index is -0.776. The van der Waals surface area contributed by atoms with Crippen LogP contribution in [-0.4, -0.2) is 39.6 Å². The smallest absolute Gasteiger partial charge is 0.254 e. The third-order valence-electron chi connectivity index (χ3n) is 3.27. The van der Waals surface area contributed by atoms with Gasteiger partial charge in [-0.05, 0) is 19.1 Å². The van der Waals surface area contributed by atoms with Crippen LogP contribution < -0.4 is 0 Å². The number of hydrogen-bond acceptors (Lipinski definition) is 3. The number of pyridine rings is 1. The van der Waals surface area contributed by atoms with Crippen LogP contribution in [0.2, 0.25) is 5.15 Å². The van der Waals surface area contributed by atoms with Gasteiger partial charge in [-0.15, -0.1) is 0 Å². The van der Waals surface area contributed by atoms with Gasteiger partial charge in [0.05, 0.1) is 29.8 Å². The maximum atomic E-state index is 12.4. The van der Waals surface area contributed by atoms with E-state index in [1.807, 2.05) is 24.3 Å². The Bertz CT molecular complexity index is 662. The molecule has 19 heavy (non-hydrogen) atoms. The highest BCUT2D eigenvalue weighted by Gasteiger charge is 2.40. The number of carbonyl (C=O) groups is 1. The van der Waals surface area contributed by atoms with Crippen molar-refractivity contribution in [2.45, 2.75) is 12.5 Å². The molecule has 3 rings (SSSR count). The molecule has 0 bridgehead atoms. The van der Waals surface area contributed by atoms with E-state index in [2.05, 4.69) is 4.98 Å². The Kier molecular flexibility index (Phi) is 2.73. The van der Waals surface area contributed by atoms with Crippen LogP contribution in [0.4, 0.5) is 0 Å². The largest absolute Gasteiger partial charge is 0.386 e. The van der Waals surface area contributed by atoms with E-state index >= 15 is 0 Å². The molecule has 1 aromatic carbocycles. The molecule has 0 spiro atoms. The molecule has 1 amide bonds. The summed E-state index contributed by atoms with van der Waals surface area (Å²) in [4.78, 5) is 18.2. The molecule has 1 N–H and O–H groups in total. The molecule has 0 atom stereocenters. The number of benzene rings is 1. The first-order valence-electron chi connectivity index (χ1n) is 6.03. The van der Waals surface area contributed by atoms with Gasteiger partial charge in [-0.2, -0.15) is 0 Å². The predicted octanol–water partition coefficient (Wildman–Crippen LogP) is 2.10. The maximum Gasteiger partial charge on any atom is 0.254 e. The highest BCUT2D eigenvalue weighted by Crippen LogP contribution is 2.26. The molecule has 2 aromatic rings. The van der Waals surface area contributed by atoms with E-state index in [0.717, 1.165) is 5.39 Å². The van der Waals surface area contributed by atoms with Crippen molar-refractivity contribution in [3.8, 4) is 0 Å². The quantitative estimate of drug-likeness (QED) is 0.812. The molecule has 1 aliphatic heterocycles. The number of hydrogen-bond donors (Lipinski definition) is 1. The fourth-order valence-corrected chi connectivity index (χ4v) is 2.61. The van der Waals surface area contributed by atoms with Crippen molar-refractivity contribution >= 4 is 28.4 Å². The number of fused-ring (bicyclic) bond motifs is 1. The van der Waals surface area contributed by atoms with E-state index in [-0.39, 0.29) is 5.91 Å². The van der Waals surface area contributed by atoms with Crippen LogP contribution in [0.1, 0.15) is 17.3 Å². The van der Waals surface area contributed by atoms with Crippen molar-refractivity contribution in [1.29, 1.82) is 0 Å². The number of carbonyl (C=O) groups excluding carboxylic acids is 1. The number of para-hydroxylation sites is 1. The number of nitrogens with zero attached hydrogens (tertiary/aromatic N) is 2. The van der Waals surface area contributed by atoms with Crippen molar-refractivity contribution in [1.82, 2.24) is 9.88 Å². The van der Waals surface area contributed by atoms with Gasteiger partial charge < -0.3 is 10.0 Å². The summed E-state index contributed by atoms with van der Waals surface area (Å²) in [6, 6.07) is 8.97. The van der Waals surface area contributed by atoms with Gasteiger partial charge in [-0.3, -0.25) is 4.79 Å². The topological polar surface area (TPSA) is 53.4 Å². The van der Waals surface area contributed by atoms with Crippen LogP contribution in [0.15, 0.2) is 30.3 Å². The van der Waals surface area contributed by atoms with E-state index < -0.39 is 5.60 Å². The third kappa shape index (κ3) is 2.17. The summed E-state index contributed by atoms with van der Waals surface area (Å²) in [5.74, 6) is -0.118. The highest BCUT2D eigenvalue weighted by molar-refractivity contribution is 6.30. The number of halogens is 1. The average Bonchev–Trinajstić information content (AvgIpc) is 2.34. The molecule has 0 aliphatic carbocycles. The SMILES string of the molecule is CC1(O)CN(C(=O)c2cc(Cl)nc3ccccc23)C1. The fourth-order valence-electron chi connectivity index (χ4n) is 2.41. The first kappa shape index (κ1) is 12.4. The van der Waals surface area contributed by atoms with Crippen LogP contribution in [0.3, 0.4) is 0 Å². The zero-order chi connectivity index (χ0) is 13.6. The van der Waals surface area contributed by atoms with Crippen LogP contribution in [0, 0.1) is 0 Å². The molecular weight excluding hydrogens is 264 g/mol. The summed E-state index contributed by atoms with van der Waals surface area (Å²) in [6.07, 6.45) is 0. The number of aliphatic hydroxyl groups is 1. The highest BCUT2D eigenvalue weighted by atomic mass is 35.5. The van der Waals surface area contributed by atoms with Crippen molar-refractivity contribution in [3.05, 3.63) is 41.0 Å². The number of aromatic nitrogens is 1. The van der Waals surface area contributed by atoms with Crippen molar-refractivity contribution in [2.24, 2.45) is 0 Å².